The molecule has 2 rings (SSSR count). The van der Waals surface area contributed by atoms with Crippen LogP contribution < -0.4 is 14.2 Å². The Morgan fingerprint density at radius 2 is 1.71 bits per heavy atom. The third-order valence-corrected chi connectivity index (χ3v) is 3.06. The van der Waals surface area contributed by atoms with Gasteiger partial charge in [-0.2, -0.15) is 0 Å². The molecule has 0 unspecified atom stereocenters. The molecule has 92 valence electrons. The van der Waals surface area contributed by atoms with Crippen LogP contribution >= 0.6 is 0 Å². The molecule has 0 heterocycles. The lowest BCUT2D eigenvalue weighted by Gasteiger charge is -2.21. The molecule has 0 saturated heterocycles. The zero-order valence-electron chi connectivity index (χ0n) is 10.3. The Bertz CT molecular complexity index is 451. The SMILES string of the molecule is COc1cc2c(c(OC)c1OC)CCCC2=O. The highest BCUT2D eigenvalue weighted by molar-refractivity contribution is 6.00. The molecule has 1 aliphatic rings. The molecule has 4 heteroatoms. The molecule has 0 spiro atoms. The highest BCUT2D eigenvalue weighted by Crippen LogP contribution is 2.44. The number of Topliss-reactive ketones (excluding diaryl/α,β-unsaturated/α-hetero) is 1. The fourth-order valence-corrected chi connectivity index (χ4v) is 2.27. The number of carbonyl (C=O) groups excluding carboxylic acids is 1. The van der Waals surface area contributed by atoms with Crippen LogP contribution in [0.15, 0.2) is 6.07 Å². The van der Waals surface area contributed by atoms with Gasteiger partial charge in [-0.25, -0.2) is 0 Å². The average molecular weight is 236 g/mol. The van der Waals surface area contributed by atoms with Crippen molar-refractivity contribution in [2.45, 2.75) is 19.3 Å². The van der Waals surface area contributed by atoms with Gasteiger partial charge in [-0.1, -0.05) is 0 Å². The maximum Gasteiger partial charge on any atom is 0.203 e. The number of benzene rings is 1. The summed E-state index contributed by atoms with van der Waals surface area (Å²) in [6.45, 7) is 0. The minimum absolute atomic E-state index is 0.144. The van der Waals surface area contributed by atoms with E-state index >= 15 is 0 Å². The molecule has 0 amide bonds. The van der Waals surface area contributed by atoms with Gasteiger partial charge in [0.1, 0.15) is 0 Å². The maximum atomic E-state index is 11.9. The Labute approximate surface area is 100 Å². The molecule has 0 aromatic heterocycles. The van der Waals surface area contributed by atoms with Gasteiger partial charge in [-0.3, -0.25) is 4.79 Å². The molecular formula is C13H16O4. The fraction of sp³-hybridized carbons (Fsp3) is 0.462. The van der Waals surface area contributed by atoms with Crippen LogP contribution in [0, 0.1) is 0 Å². The zero-order chi connectivity index (χ0) is 12.4. The van der Waals surface area contributed by atoms with Crippen molar-refractivity contribution in [3.8, 4) is 17.2 Å². The van der Waals surface area contributed by atoms with E-state index in [9.17, 15) is 4.79 Å². The summed E-state index contributed by atoms with van der Waals surface area (Å²) in [5.41, 5.74) is 1.63. The van der Waals surface area contributed by atoms with Crippen LogP contribution in [-0.4, -0.2) is 27.1 Å². The van der Waals surface area contributed by atoms with Crippen molar-refractivity contribution >= 4 is 5.78 Å². The molecule has 0 fully saturated rings. The normalized spacial score (nSPS) is 14.2. The Kier molecular flexibility index (Phi) is 3.22. The molecule has 0 saturated carbocycles. The maximum absolute atomic E-state index is 11.9. The van der Waals surface area contributed by atoms with E-state index < -0.39 is 0 Å². The van der Waals surface area contributed by atoms with Gasteiger partial charge in [0.05, 0.1) is 21.3 Å². The number of carbonyl (C=O) groups is 1. The Hall–Kier alpha value is -1.71. The van der Waals surface area contributed by atoms with Gasteiger partial charge in [-0.05, 0) is 18.9 Å². The van der Waals surface area contributed by atoms with E-state index in [-0.39, 0.29) is 5.78 Å². The lowest BCUT2D eigenvalue weighted by molar-refractivity contribution is 0.0971. The van der Waals surface area contributed by atoms with E-state index in [1.807, 2.05) is 0 Å². The number of fused-ring (bicyclic) bond motifs is 1. The second-order valence-electron chi connectivity index (χ2n) is 3.95. The van der Waals surface area contributed by atoms with Crippen molar-refractivity contribution in [2.24, 2.45) is 0 Å². The number of hydrogen-bond acceptors (Lipinski definition) is 4. The summed E-state index contributed by atoms with van der Waals surface area (Å²) < 4.78 is 15.9. The minimum Gasteiger partial charge on any atom is -0.493 e. The van der Waals surface area contributed by atoms with E-state index in [4.69, 9.17) is 14.2 Å². The molecule has 17 heavy (non-hydrogen) atoms. The molecule has 0 aliphatic heterocycles. The predicted octanol–water partition coefficient (Wildman–Crippen LogP) is 2.23. The summed E-state index contributed by atoms with van der Waals surface area (Å²) in [6, 6.07) is 1.75. The van der Waals surface area contributed by atoms with Crippen LogP contribution in [0.2, 0.25) is 0 Å². The Morgan fingerprint density at radius 3 is 2.29 bits per heavy atom. The van der Waals surface area contributed by atoms with Crippen molar-refractivity contribution in [3.05, 3.63) is 17.2 Å². The smallest absolute Gasteiger partial charge is 0.203 e. The molecule has 0 N–H and O–H groups in total. The van der Waals surface area contributed by atoms with Crippen LogP contribution in [0.5, 0.6) is 17.2 Å². The van der Waals surface area contributed by atoms with E-state index in [1.54, 1.807) is 27.4 Å². The highest BCUT2D eigenvalue weighted by Gasteiger charge is 2.26. The van der Waals surface area contributed by atoms with E-state index in [0.29, 0.717) is 29.2 Å². The third-order valence-electron chi connectivity index (χ3n) is 3.06. The lowest BCUT2D eigenvalue weighted by Crippen LogP contribution is -2.13. The van der Waals surface area contributed by atoms with Gasteiger partial charge in [0.2, 0.25) is 5.75 Å². The first-order valence-corrected chi connectivity index (χ1v) is 5.58. The lowest BCUT2D eigenvalue weighted by atomic mass is 9.89. The summed E-state index contributed by atoms with van der Waals surface area (Å²) in [5, 5.41) is 0. The Morgan fingerprint density at radius 1 is 1.00 bits per heavy atom. The van der Waals surface area contributed by atoms with Gasteiger partial charge in [0.15, 0.2) is 17.3 Å². The van der Waals surface area contributed by atoms with Gasteiger partial charge in [-0.15, -0.1) is 0 Å². The van der Waals surface area contributed by atoms with Gasteiger partial charge in [0.25, 0.3) is 0 Å². The molecule has 1 aromatic rings. The van der Waals surface area contributed by atoms with Crippen molar-refractivity contribution in [3.63, 3.8) is 0 Å². The van der Waals surface area contributed by atoms with Crippen molar-refractivity contribution < 1.29 is 19.0 Å². The van der Waals surface area contributed by atoms with Crippen LogP contribution in [-0.2, 0) is 6.42 Å². The molecule has 1 aliphatic carbocycles. The number of ketones is 1. The number of hydrogen-bond donors (Lipinski definition) is 0. The largest absolute Gasteiger partial charge is 0.493 e. The van der Waals surface area contributed by atoms with Crippen molar-refractivity contribution in [2.75, 3.05) is 21.3 Å². The van der Waals surface area contributed by atoms with E-state index in [1.165, 1.54) is 0 Å². The molecule has 0 radical (unpaired) electrons. The van der Waals surface area contributed by atoms with Crippen LogP contribution in [0.4, 0.5) is 0 Å². The average Bonchev–Trinajstić information content (AvgIpc) is 2.36. The van der Waals surface area contributed by atoms with Crippen LogP contribution in [0.1, 0.15) is 28.8 Å². The standard InChI is InChI=1S/C13H16O4/c1-15-11-7-9-8(5-4-6-10(9)14)12(16-2)13(11)17-3/h7H,4-6H2,1-3H3. The summed E-state index contributed by atoms with van der Waals surface area (Å²) in [5.74, 6) is 1.86. The topological polar surface area (TPSA) is 44.8 Å². The van der Waals surface area contributed by atoms with E-state index in [2.05, 4.69) is 0 Å². The number of ether oxygens (including phenoxy) is 3. The number of methoxy groups -OCH3 is 3. The highest BCUT2D eigenvalue weighted by atomic mass is 16.5. The summed E-state index contributed by atoms with van der Waals surface area (Å²) in [4.78, 5) is 11.9. The van der Waals surface area contributed by atoms with Crippen molar-refractivity contribution in [1.29, 1.82) is 0 Å². The van der Waals surface area contributed by atoms with Gasteiger partial charge in [0, 0.05) is 17.5 Å². The molecule has 0 atom stereocenters. The fourth-order valence-electron chi connectivity index (χ4n) is 2.27. The first kappa shape index (κ1) is 11.8. The quantitative estimate of drug-likeness (QED) is 0.807. The first-order chi connectivity index (χ1) is 8.22. The second-order valence-corrected chi connectivity index (χ2v) is 3.95. The van der Waals surface area contributed by atoms with Gasteiger partial charge >= 0.3 is 0 Å². The third kappa shape index (κ3) is 1.84. The molecular weight excluding hydrogens is 220 g/mol. The first-order valence-electron chi connectivity index (χ1n) is 5.58. The molecule has 0 bridgehead atoms. The monoisotopic (exact) mass is 236 g/mol. The summed E-state index contributed by atoms with van der Waals surface area (Å²) in [7, 11) is 4.70. The van der Waals surface area contributed by atoms with Gasteiger partial charge < -0.3 is 14.2 Å². The number of rotatable bonds is 3. The minimum atomic E-state index is 0.144. The van der Waals surface area contributed by atoms with Crippen molar-refractivity contribution in [1.82, 2.24) is 0 Å². The zero-order valence-corrected chi connectivity index (χ0v) is 10.3. The van der Waals surface area contributed by atoms with Crippen LogP contribution in [0.25, 0.3) is 0 Å². The second kappa shape index (κ2) is 4.65. The molecule has 4 nitrogen and oxygen atoms in total. The van der Waals surface area contributed by atoms with E-state index in [0.717, 1.165) is 18.4 Å². The summed E-state index contributed by atoms with van der Waals surface area (Å²) in [6.07, 6.45) is 2.29. The van der Waals surface area contributed by atoms with Crippen LogP contribution in [0.3, 0.4) is 0 Å². The summed E-state index contributed by atoms with van der Waals surface area (Å²) >= 11 is 0. The predicted molar refractivity (Wildman–Crippen MR) is 63.4 cm³/mol. The molecule has 1 aromatic carbocycles. The Balaban J connectivity index is 2.68.